The number of fused-ring (bicyclic) bond motifs is 1. The zero-order chi connectivity index (χ0) is 29.2. The van der Waals surface area contributed by atoms with E-state index in [9.17, 15) is 14.7 Å². The number of nitrogens with zero attached hydrogens (tertiary/aromatic N) is 3. The van der Waals surface area contributed by atoms with E-state index in [1.54, 1.807) is 36.3 Å². The summed E-state index contributed by atoms with van der Waals surface area (Å²) in [6, 6.07) is 18.1. The number of amides is 2. The van der Waals surface area contributed by atoms with Gasteiger partial charge in [-0.1, -0.05) is 53.5 Å². The van der Waals surface area contributed by atoms with E-state index in [4.69, 9.17) is 32.7 Å². The lowest BCUT2D eigenvalue weighted by atomic mass is 10.1. The maximum Gasteiger partial charge on any atom is 0.257 e. The molecule has 5 rings (SSSR count). The molecule has 2 saturated heterocycles. The molecular weight excluding hydrogens is 567 g/mol. The van der Waals surface area contributed by atoms with E-state index in [0.29, 0.717) is 36.5 Å². The highest BCUT2D eigenvalue weighted by Crippen LogP contribution is 2.32. The van der Waals surface area contributed by atoms with Crippen LogP contribution in [0.25, 0.3) is 0 Å². The van der Waals surface area contributed by atoms with Gasteiger partial charge in [0.2, 0.25) is 11.8 Å². The minimum Gasteiger partial charge on any atom is -0.437 e. The predicted octanol–water partition coefficient (Wildman–Crippen LogP) is 4.41. The molecule has 0 radical (unpaired) electrons. The second kappa shape index (κ2) is 15.1. The van der Waals surface area contributed by atoms with Crippen LogP contribution in [0.15, 0.2) is 66.9 Å². The number of aromatic nitrogens is 1. The highest BCUT2D eigenvalue weighted by molar-refractivity contribution is 6.35. The second-order valence-corrected chi connectivity index (χ2v) is 10.7. The molecule has 41 heavy (non-hydrogen) atoms. The number of methoxy groups -OCH3 is 1. The summed E-state index contributed by atoms with van der Waals surface area (Å²) < 4.78 is 10.7. The summed E-state index contributed by atoms with van der Waals surface area (Å²) >= 11 is 12.1. The van der Waals surface area contributed by atoms with Gasteiger partial charge >= 0.3 is 0 Å². The lowest BCUT2D eigenvalue weighted by molar-refractivity contribution is -0.137. The van der Waals surface area contributed by atoms with E-state index in [2.05, 4.69) is 15.2 Å². The number of aliphatic hydroxyl groups is 1. The second-order valence-electron chi connectivity index (χ2n) is 9.81. The molecule has 0 saturated carbocycles. The van der Waals surface area contributed by atoms with Crippen LogP contribution in [0, 0.1) is 0 Å². The van der Waals surface area contributed by atoms with Gasteiger partial charge < -0.3 is 24.8 Å². The highest BCUT2D eigenvalue weighted by atomic mass is 35.5. The van der Waals surface area contributed by atoms with Crippen LogP contribution in [-0.2, 0) is 16.1 Å². The zero-order valence-electron chi connectivity index (χ0n) is 22.8. The normalized spacial score (nSPS) is 18.2. The summed E-state index contributed by atoms with van der Waals surface area (Å²) in [5, 5.41) is 13.1. The van der Waals surface area contributed by atoms with Crippen LogP contribution in [-0.4, -0.2) is 83.7 Å². The summed E-state index contributed by atoms with van der Waals surface area (Å²) in [5.74, 6) is -0.350. The molecule has 3 heterocycles. The summed E-state index contributed by atoms with van der Waals surface area (Å²) in [6.45, 7) is 2.64. The number of ether oxygens (including phenoxy) is 2. The third kappa shape index (κ3) is 8.40. The van der Waals surface area contributed by atoms with E-state index in [1.807, 2.05) is 30.3 Å². The quantitative estimate of drug-likeness (QED) is 0.394. The van der Waals surface area contributed by atoms with Crippen molar-refractivity contribution in [2.75, 3.05) is 39.9 Å². The molecule has 2 fully saturated rings. The molecule has 0 aliphatic carbocycles. The Hall–Kier alpha value is -3.21. The number of nitrogens with one attached hydrogen (secondary N) is 1. The Morgan fingerprint density at radius 2 is 1.90 bits per heavy atom. The number of hydrogen-bond donors (Lipinski definition) is 2. The highest BCUT2D eigenvalue weighted by Gasteiger charge is 2.38. The molecule has 0 spiro atoms. The van der Waals surface area contributed by atoms with Gasteiger partial charge in [-0.15, -0.1) is 0 Å². The largest absolute Gasteiger partial charge is 0.437 e. The Kier molecular flexibility index (Phi) is 11.4. The first kappa shape index (κ1) is 30.7. The number of rotatable bonds is 8. The molecule has 11 heteroatoms. The smallest absolute Gasteiger partial charge is 0.257 e. The third-order valence-electron chi connectivity index (χ3n) is 6.99. The van der Waals surface area contributed by atoms with Gasteiger partial charge in [0.15, 0.2) is 0 Å². The Morgan fingerprint density at radius 3 is 2.63 bits per heavy atom. The number of benzene rings is 2. The molecule has 2 N–H and O–H groups in total. The van der Waals surface area contributed by atoms with Crippen molar-refractivity contribution < 1.29 is 24.2 Å². The lowest BCUT2D eigenvalue weighted by Gasteiger charge is -2.43. The van der Waals surface area contributed by atoms with Crippen LogP contribution in [0.2, 0.25) is 10.0 Å². The van der Waals surface area contributed by atoms with Gasteiger partial charge in [0.25, 0.3) is 5.91 Å². The summed E-state index contributed by atoms with van der Waals surface area (Å²) in [7, 11) is 1.70. The van der Waals surface area contributed by atoms with Gasteiger partial charge in [-0.25, -0.2) is 4.98 Å². The molecule has 2 atom stereocenters. The Bertz CT molecular complexity index is 1310. The van der Waals surface area contributed by atoms with Crippen LogP contribution >= 0.6 is 23.2 Å². The molecule has 1 aromatic heterocycles. The van der Waals surface area contributed by atoms with Crippen LogP contribution in [0.5, 0.6) is 11.6 Å². The van der Waals surface area contributed by atoms with Crippen molar-refractivity contribution in [3.8, 4) is 11.6 Å². The fraction of sp³-hybridized carbons (Fsp3) is 0.367. The molecule has 2 unspecified atom stereocenters. The van der Waals surface area contributed by atoms with Crippen molar-refractivity contribution in [2.45, 2.75) is 31.5 Å². The summed E-state index contributed by atoms with van der Waals surface area (Å²) in [6.07, 6.45) is 3.63. The molecular formula is C30H34Cl2N4O5. The first-order valence-corrected chi connectivity index (χ1v) is 14.2. The van der Waals surface area contributed by atoms with Crippen molar-refractivity contribution >= 4 is 35.0 Å². The third-order valence-corrected chi connectivity index (χ3v) is 7.52. The fourth-order valence-electron chi connectivity index (χ4n) is 4.95. The van der Waals surface area contributed by atoms with Crippen molar-refractivity contribution in [1.82, 2.24) is 20.1 Å². The fourth-order valence-corrected chi connectivity index (χ4v) is 5.40. The Morgan fingerprint density at radius 1 is 1.10 bits per heavy atom. The molecule has 2 aromatic carbocycles. The van der Waals surface area contributed by atoms with Crippen molar-refractivity contribution in [3.05, 3.63) is 88.0 Å². The summed E-state index contributed by atoms with van der Waals surface area (Å²) in [5.41, 5.74) is 1.39. The van der Waals surface area contributed by atoms with Crippen molar-refractivity contribution in [3.63, 3.8) is 0 Å². The maximum atomic E-state index is 12.8. The van der Waals surface area contributed by atoms with Crippen molar-refractivity contribution in [1.29, 1.82) is 0 Å². The number of hydrogen-bond acceptors (Lipinski definition) is 7. The van der Waals surface area contributed by atoms with Crippen LogP contribution < -0.4 is 10.1 Å². The minimum atomic E-state index is -0.494. The average molecular weight is 602 g/mol. The van der Waals surface area contributed by atoms with Gasteiger partial charge in [-0.3, -0.25) is 14.5 Å². The first-order chi connectivity index (χ1) is 19.9. The monoisotopic (exact) mass is 600 g/mol. The predicted molar refractivity (Wildman–Crippen MR) is 157 cm³/mol. The molecule has 2 aliphatic heterocycles. The number of piperazine rings is 1. The molecule has 2 amide bonds. The van der Waals surface area contributed by atoms with Gasteiger partial charge in [0.05, 0.1) is 30.8 Å². The van der Waals surface area contributed by atoms with E-state index in [-0.39, 0.29) is 41.6 Å². The van der Waals surface area contributed by atoms with E-state index >= 15 is 0 Å². The number of pyridine rings is 1. The first-order valence-electron chi connectivity index (χ1n) is 13.4. The molecule has 3 aromatic rings. The topological polar surface area (TPSA) is 104 Å². The molecule has 9 nitrogen and oxygen atoms in total. The van der Waals surface area contributed by atoms with E-state index in [0.717, 1.165) is 19.4 Å². The Balaban J connectivity index is 0.000000367. The van der Waals surface area contributed by atoms with Gasteiger partial charge in [-0.05, 0) is 55.3 Å². The molecule has 218 valence electrons. The SMILES string of the molecule is COCc1ccccc1.O=C(NCC(=O)N1CC2CCCN2CC1CO)c1cccnc1Oc1ccc(Cl)cc1Cl. The van der Waals surface area contributed by atoms with E-state index in [1.165, 1.54) is 17.8 Å². The van der Waals surface area contributed by atoms with Gasteiger partial charge in [-0.2, -0.15) is 0 Å². The molecule has 0 bridgehead atoms. The zero-order valence-corrected chi connectivity index (χ0v) is 24.4. The van der Waals surface area contributed by atoms with E-state index < -0.39 is 5.91 Å². The number of halogens is 2. The van der Waals surface area contributed by atoms with Gasteiger partial charge in [0.1, 0.15) is 11.3 Å². The molecule has 2 aliphatic rings. The number of carbonyl (C=O) groups excluding carboxylic acids is 2. The standard InChI is InChI=1S/C22H24Cl2N4O4.C8H10O/c23-14-5-6-19(18(24)9-14)32-22-17(4-1-7-25-22)21(31)26-10-20(30)28-12-15-3-2-8-27(15)11-16(28)13-29;1-9-7-8-5-3-2-4-6-8/h1,4-7,9,15-16,29H,2-3,8,10-13H2,(H,26,31);2-6H,7H2,1H3. The summed E-state index contributed by atoms with van der Waals surface area (Å²) in [4.78, 5) is 33.8. The number of carbonyl (C=O) groups is 2. The lowest BCUT2D eigenvalue weighted by Crippen LogP contribution is -2.60. The Labute approximate surface area is 250 Å². The average Bonchev–Trinajstić information content (AvgIpc) is 3.45. The minimum absolute atomic E-state index is 0.0643. The van der Waals surface area contributed by atoms with Crippen LogP contribution in [0.4, 0.5) is 0 Å². The van der Waals surface area contributed by atoms with Gasteiger partial charge in [0, 0.05) is 37.5 Å². The van der Waals surface area contributed by atoms with Crippen LogP contribution in [0.1, 0.15) is 28.8 Å². The van der Waals surface area contributed by atoms with Crippen molar-refractivity contribution in [2.24, 2.45) is 0 Å². The maximum absolute atomic E-state index is 12.8. The van der Waals surface area contributed by atoms with Crippen LogP contribution in [0.3, 0.4) is 0 Å². The number of aliphatic hydroxyl groups excluding tert-OH is 1.